The minimum Gasteiger partial charge on any atom is -0.376 e. The number of nitrogens with zero attached hydrogens (tertiary/aromatic N) is 2. The topological polar surface area (TPSA) is 80.6 Å². The van der Waals surface area contributed by atoms with Crippen molar-refractivity contribution in [3.05, 3.63) is 69.6 Å². The summed E-state index contributed by atoms with van der Waals surface area (Å²) in [5, 5.41) is 3.11. The van der Waals surface area contributed by atoms with Gasteiger partial charge in [0.1, 0.15) is 11.1 Å². The zero-order valence-corrected chi connectivity index (χ0v) is 21.4. The number of carbonyl (C=O) groups is 2. The van der Waals surface area contributed by atoms with Gasteiger partial charge >= 0.3 is 0 Å². The number of aromatic nitrogens is 1. The second-order valence-electron chi connectivity index (χ2n) is 10.1. The van der Waals surface area contributed by atoms with Crippen LogP contribution in [0.1, 0.15) is 91.0 Å². The Morgan fingerprint density at radius 1 is 0.972 bits per heavy atom. The standard InChI is InChI=1S/C29H39N3O4/c1-2-32(18-22-12-7-6-8-13-22)29(35)26-21-31(19-24-16-11-17-36-24)20-25(27(26)33)28(34)30-23-14-9-4-3-5-10-15-23/h6-8,12-13,20-21,23-24H,2-5,9-11,14-19H2,1H3,(H,30,34)/t24-/m0/s1. The van der Waals surface area contributed by atoms with Gasteiger partial charge in [0.25, 0.3) is 11.8 Å². The molecular formula is C29H39N3O4. The first-order chi connectivity index (χ1) is 17.5. The second-order valence-corrected chi connectivity index (χ2v) is 10.1. The molecule has 4 rings (SSSR count). The fraction of sp³-hybridized carbons (Fsp3) is 0.552. The van der Waals surface area contributed by atoms with Crippen molar-refractivity contribution in [2.75, 3.05) is 13.2 Å². The van der Waals surface area contributed by atoms with Crippen LogP contribution in [0.5, 0.6) is 0 Å². The van der Waals surface area contributed by atoms with E-state index in [0.717, 1.165) is 44.1 Å². The van der Waals surface area contributed by atoms with Gasteiger partial charge in [-0.25, -0.2) is 0 Å². The average molecular weight is 494 g/mol. The molecule has 1 saturated heterocycles. The summed E-state index contributed by atoms with van der Waals surface area (Å²) in [4.78, 5) is 42.1. The smallest absolute Gasteiger partial charge is 0.259 e. The molecule has 1 atom stereocenters. The third kappa shape index (κ3) is 6.84. The van der Waals surface area contributed by atoms with Crippen LogP contribution in [-0.4, -0.2) is 46.6 Å². The molecule has 0 bridgehead atoms. The van der Waals surface area contributed by atoms with Crippen LogP contribution in [0.4, 0.5) is 0 Å². The third-order valence-corrected chi connectivity index (χ3v) is 7.32. The maximum atomic E-state index is 13.6. The predicted molar refractivity (Wildman–Crippen MR) is 140 cm³/mol. The molecule has 2 aliphatic rings. The molecule has 2 fully saturated rings. The summed E-state index contributed by atoms with van der Waals surface area (Å²) in [7, 11) is 0. The van der Waals surface area contributed by atoms with Gasteiger partial charge in [-0.1, -0.05) is 62.4 Å². The molecular weight excluding hydrogens is 454 g/mol. The largest absolute Gasteiger partial charge is 0.376 e. The Morgan fingerprint density at radius 2 is 1.67 bits per heavy atom. The summed E-state index contributed by atoms with van der Waals surface area (Å²) in [6, 6.07) is 9.79. The van der Waals surface area contributed by atoms with Crippen LogP contribution >= 0.6 is 0 Å². The highest BCUT2D eigenvalue weighted by molar-refractivity contribution is 5.99. The second kappa shape index (κ2) is 12.9. The van der Waals surface area contributed by atoms with Gasteiger partial charge in [-0.3, -0.25) is 14.4 Å². The lowest BCUT2D eigenvalue weighted by Gasteiger charge is -2.23. The summed E-state index contributed by atoms with van der Waals surface area (Å²) >= 11 is 0. The van der Waals surface area contributed by atoms with Crippen LogP contribution in [0.15, 0.2) is 47.5 Å². The molecule has 36 heavy (non-hydrogen) atoms. The van der Waals surface area contributed by atoms with Crippen LogP contribution < -0.4 is 10.7 Å². The first-order valence-corrected chi connectivity index (χ1v) is 13.5. The van der Waals surface area contributed by atoms with Gasteiger partial charge < -0.3 is 19.5 Å². The van der Waals surface area contributed by atoms with E-state index in [1.807, 2.05) is 37.3 Å². The summed E-state index contributed by atoms with van der Waals surface area (Å²) in [5.41, 5.74) is 0.566. The molecule has 7 heteroatoms. The molecule has 1 aromatic carbocycles. The molecule has 0 spiro atoms. The predicted octanol–water partition coefficient (Wildman–Crippen LogP) is 4.53. The van der Waals surface area contributed by atoms with Crippen LogP contribution in [0.3, 0.4) is 0 Å². The molecule has 1 aliphatic heterocycles. The van der Waals surface area contributed by atoms with Gasteiger partial charge in [0.05, 0.1) is 6.10 Å². The molecule has 0 radical (unpaired) electrons. The first kappa shape index (κ1) is 26.1. The summed E-state index contributed by atoms with van der Waals surface area (Å²) in [5.74, 6) is -0.736. The van der Waals surface area contributed by atoms with Crippen molar-refractivity contribution in [2.24, 2.45) is 0 Å². The zero-order chi connectivity index (χ0) is 25.3. The number of ether oxygens (including phenoxy) is 1. The molecule has 7 nitrogen and oxygen atoms in total. The first-order valence-electron chi connectivity index (χ1n) is 13.5. The van der Waals surface area contributed by atoms with Crippen molar-refractivity contribution in [3.63, 3.8) is 0 Å². The Morgan fingerprint density at radius 3 is 2.33 bits per heavy atom. The van der Waals surface area contributed by atoms with E-state index in [1.54, 1.807) is 21.9 Å². The number of amides is 2. The van der Waals surface area contributed by atoms with Crippen molar-refractivity contribution in [2.45, 2.75) is 89.9 Å². The van der Waals surface area contributed by atoms with Gasteiger partial charge in [0.2, 0.25) is 5.43 Å². The van der Waals surface area contributed by atoms with Gasteiger partial charge in [-0.15, -0.1) is 0 Å². The zero-order valence-electron chi connectivity index (χ0n) is 21.4. The lowest BCUT2D eigenvalue weighted by molar-refractivity contribution is 0.0747. The molecule has 1 saturated carbocycles. The molecule has 194 valence electrons. The fourth-order valence-corrected chi connectivity index (χ4v) is 5.24. The molecule has 1 aromatic heterocycles. The van der Waals surface area contributed by atoms with Crippen molar-refractivity contribution in [1.29, 1.82) is 0 Å². The highest BCUT2D eigenvalue weighted by Gasteiger charge is 2.25. The molecule has 1 N–H and O–H groups in total. The van der Waals surface area contributed by atoms with E-state index in [9.17, 15) is 14.4 Å². The van der Waals surface area contributed by atoms with E-state index in [0.29, 0.717) is 26.2 Å². The number of carbonyl (C=O) groups excluding carboxylic acids is 2. The van der Waals surface area contributed by atoms with E-state index >= 15 is 0 Å². The summed E-state index contributed by atoms with van der Waals surface area (Å²) < 4.78 is 7.59. The molecule has 0 unspecified atom stereocenters. The maximum Gasteiger partial charge on any atom is 0.259 e. The Hall–Kier alpha value is -2.93. The average Bonchev–Trinajstić information content (AvgIpc) is 3.38. The summed E-state index contributed by atoms with van der Waals surface area (Å²) in [6.45, 7) is 3.98. The number of nitrogens with one attached hydrogen (secondary N) is 1. The van der Waals surface area contributed by atoms with Crippen LogP contribution in [-0.2, 0) is 17.8 Å². The van der Waals surface area contributed by atoms with Gasteiger partial charge in [0.15, 0.2) is 0 Å². The van der Waals surface area contributed by atoms with Crippen molar-refractivity contribution in [1.82, 2.24) is 14.8 Å². The van der Waals surface area contributed by atoms with E-state index < -0.39 is 5.43 Å². The SMILES string of the molecule is CCN(Cc1ccccc1)C(=O)c1cn(C[C@@H]2CCCO2)cc(C(=O)NC2CCCCCCC2)c1=O. The van der Waals surface area contributed by atoms with Crippen LogP contribution in [0.2, 0.25) is 0 Å². The number of rotatable bonds is 8. The molecule has 1 aliphatic carbocycles. The highest BCUT2D eigenvalue weighted by atomic mass is 16.5. The molecule has 2 aromatic rings. The molecule has 2 heterocycles. The van der Waals surface area contributed by atoms with E-state index in [2.05, 4.69) is 5.32 Å². The van der Waals surface area contributed by atoms with Crippen molar-refractivity contribution in [3.8, 4) is 0 Å². The Balaban J connectivity index is 1.61. The normalized spacial score (nSPS) is 18.9. The minimum atomic E-state index is -0.501. The Kier molecular flexibility index (Phi) is 9.34. The van der Waals surface area contributed by atoms with Gasteiger partial charge in [-0.2, -0.15) is 0 Å². The van der Waals surface area contributed by atoms with Crippen LogP contribution in [0.25, 0.3) is 0 Å². The van der Waals surface area contributed by atoms with Crippen LogP contribution in [0, 0.1) is 0 Å². The lowest BCUT2D eigenvalue weighted by atomic mass is 9.96. The monoisotopic (exact) mass is 493 g/mol. The van der Waals surface area contributed by atoms with Crippen molar-refractivity contribution >= 4 is 11.8 Å². The number of hydrogen-bond acceptors (Lipinski definition) is 4. The van der Waals surface area contributed by atoms with E-state index in [1.165, 1.54) is 19.3 Å². The fourth-order valence-electron chi connectivity index (χ4n) is 5.24. The van der Waals surface area contributed by atoms with Crippen molar-refractivity contribution < 1.29 is 14.3 Å². The third-order valence-electron chi connectivity index (χ3n) is 7.32. The number of benzene rings is 1. The summed E-state index contributed by atoms with van der Waals surface area (Å²) in [6.07, 6.45) is 12.8. The van der Waals surface area contributed by atoms with Gasteiger partial charge in [0, 0.05) is 44.7 Å². The quantitative estimate of drug-likeness (QED) is 0.586. The number of pyridine rings is 1. The Bertz CT molecular complexity index is 1070. The lowest BCUT2D eigenvalue weighted by Crippen LogP contribution is -2.41. The van der Waals surface area contributed by atoms with E-state index in [4.69, 9.17) is 4.74 Å². The molecule has 2 amide bonds. The number of hydrogen-bond donors (Lipinski definition) is 1. The van der Waals surface area contributed by atoms with Gasteiger partial charge in [-0.05, 0) is 38.2 Å². The van der Waals surface area contributed by atoms with E-state index in [-0.39, 0.29) is 35.1 Å². The Labute approximate surface area is 213 Å². The maximum absolute atomic E-state index is 13.6. The minimum absolute atomic E-state index is 0.0172. The highest BCUT2D eigenvalue weighted by Crippen LogP contribution is 2.18.